The molecule has 0 aliphatic heterocycles. The number of unbranched alkanes of at least 4 members (excludes halogenated alkanes) is 1. The molecule has 18 heavy (non-hydrogen) atoms. The first-order valence-corrected chi connectivity index (χ1v) is 6.31. The van der Waals surface area contributed by atoms with E-state index in [0.717, 1.165) is 18.4 Å². The van der Waals surface area contributed by atoms with Crippen LogP contribution in [0.3, 0.4) is 0 Å². The van der Waals surface area contributed by atoms with E-state index in [9.17, 15) is 9.90 Å². The molecule has 0 saturated heterocycles. The number of aliphatic hydroxyl groups excluding tert-OH is 1. The van der Waals surface area contributed by atoms with Gasteiger partial charge in [-0.25, -0.2) is 0 Å². The molecule has 1 rings (SSSR count). The lowest BCUT2D eigenvalue weighted by Crippen LogP contribution is -2.29. The van der Waals surface area contributed by atoms with Gasteiger partial charge in [0.1, 0.15) is 5.75 Å². The van der Waals surface area contributed by atoms with Crippen molar-refractivity contribution in [3.8, 4) is 5.75 Å². The second kappa shape index (κ2) is 7.71. The Balaban J connectivity index is 2.38. The molecule has 0 spiro atoms. The normalized spacial score (nSPS) is 11.9. The highest BCUT2D eigenvalue weighted by Crippen LogP contribution is 2.18. The van der Waals surface area contributed by atoms with Crippen molar-refractivity contribution in [2.75, 3.05) is 13.2 Å². The molecular weight excluding hydrogens is 230 g/mol. The maximum absolute atomic E-state index is 11.4. The number of benzene rings is 1. The fourth-order valence-corrected chi connectivity index (χ4v) is 1.47. The Labute approximate surface area is 108 Å². The molecule has 1 amide bonds. The van der Waals surface area contributed by atoms with Crippen molar-refractivity contribution in [1.82, 2.24) is 5.32 Å². The third-order valence-electron chi connectivity index (χ3n) is 2.56. The van der Waals surface area contributed by atoms with Gasteiger partial charge in [0, 0.05) is 6.54 Å². The lowest BCUT2D eigenvalue weighted by molar-refractivity contribution is -0.123. The summed E-state index contributed by atoms with van der Waals surface area (Å²) in [7, 11) is 0. The van der Waals surface area contributed by atoms with E-state index in [1.54, 1.807) is 25.1 Å². The van der Waals surface area contributed by atoms with Crippen LogP contribution in [0.4, 0.5) is 0 Å². The van der Waals surface area contributed by atoms with Crippen LogP contribution in [0.2, 0.25) is 0 Å². The molecule has 0 aromatic heterocycles. The second-order valence-electron chi connectivity index (χ2n) is 4.24. The van der Waals surface area contributed by atoms with Crippen LogP contribution in [0.15, 0.2) is 24.3 Å². The standard InChI is InChI=1S/C14H21NO3/c1-3-4-8-15-14(17)10-18-13-7-5-6-12(9-13)11(2)16/h5-7,9,11,16H,3-4,8,10H2,1-2H3,(H,15,17). The summed E-state index contributed by atoms with van der Waals surface area (Å²) in [5.74, 6) is 0.477. The maximum atomic E-state index is 11.4. The molecule has 0 bridgehead atoms. The van der Waals surface area contributed by atoms with Crippen LogP contribution >= 0.6 is 0 Å². The average Bonchev–Trinajstić information content (AvgIpc) is 2.37. The highest BCUT2D eigenvalue weighted by Gasteiger charge is 2.04. The van der Waals surface area contributed by atoms with Gasteiger partial charge in [0.05, 0.1) is 6.10 Å². The summed E-state index contributed by atoms with van der Waals surface area (Å²) >= 11 is 0. The Morgan fingerprint density at radius 3 is 2.94 bits per heavy atom. The van der Waals surface area contributed by atoms with Crippen molar-refractivity contribution >= 4 is 5.91 Å². The summed E-state index contributed by atoms with van der Waals surface area (Å²) in [6.07, 6.45) is 1.49. The molecule has 1 aromatic carbocycles. The number of aliphatic hydroxyl groups is 1. The predicted octanol–water partition coefficient (Wildman–Crippen LogP) is 2.04. The highest BCUT2D eigenvalue weighted by molar-refractivity contribution is 5.77. The van der Waals surface area contributed by atoms with Gasteiger partial charge in [-0.3, -0.25) is 4.79 Å². The van der Waals surface area contributed by atoms with E-state index in [2.05, 4.69) is 12.2 Å². The van der Waals surface area contributed by atoms with Crippen LogP contribution in [-0.2, 0) is 4.79 Å². The van der Waals surface area contributed by atoms with Gasteiger partial charge >= 0.3 is 0 Å². The number of ether oxygens (including phenoxy) is 1. The minimum absolute atomic E-state index is 0.00692. The van der Waals surface area contributed by atoms with E-state index in [1.807, 2.05) is 6.07 Å². The third kappa shape index (κ3) is 5.19. The van der Waals surface area contributed by atoms with Gasteiger partial charge in [-0.1, -0.05) is 25.5 Å². The Morgan fingerprint density at radius 1 is 1.50 bits per heavy atom. The fourth-order valence-electron chi connectivity index (χ4n) is 1.47. The minimum Gasteiger partial charge on any atom is -0.484 e. The topological polar surface area (TPSA) is 58.6 Å². The van der Waals surface area contributed by atoms with Crippen molar-refractivity contribution in [1.29, 1.82) is 0 Å². The average molecular weight is 251 g/mol. The number of hydrogen-bond acceptors (Lipinski definition) is 3. The van der Waals surface area contributed by atoms with Gasteiger partial charge in [0.2, 0.25) is 0 Å². The van der Waals surface area contributed by atoms with E-state index in [1.165, 1.54) is 0 Å². The van der Waals surface area contributed by atoms with Crippen LogP contribution < -0.4 is 10.1 Å². The second-order valence-corrected chi connectivity index (χ2v) is 4.24. The highest BCUT2D eigenvalue weighted by atomic mass is 16.5. The minimum atomic E-state index is -0.535. The first-order chi connectivity index (χ1) is 8.63. The van der Waals surface area contributed by atoms with Crippen molar-refractivity contribution in [3.63, 3.8) is 0 Å². The molecule has 4 nitrogen and oxygen atoms in total. The van der Waals surface area contributed by atoms with Gasteiger partial charge in [0.15, 0.2) is 6.61 Å². The molecule has 2 N–H and O–H groups in total. The zero-order chi connectivity index (χ0) is 13.4. The largest absolute Gasteiger partial charge is 0.484 e. The molecule has 1 aromatic rings. The molecule has 0 aliphatic rings. The van der Waals surface area contributed by atoms with E-state index in [-0.39, 0.29) is 12.5 Å². The van der Waals surface area contributed by atoms with Gasteiger partial charge in [-0.05, 0) is 31.0 Å². The zero-order valence-corrected chi connectivity index (χ0v) is 11.0. The Kier molecular flexibility index (Phi) is 6.22. The molecule has 0 heterocycles. The predicted molar refractivity (Wildman–Crippen MR) is 70.5 cm³/mol. The summed E-state index contributed by atoms with van der Waals surface area (Å²) < 4.78 is 5.37. The molecule has 0 radical (unpaired) electrons. The van der Waals surface area contributed by atoms with E-state index in [0.29, 0.717) is 12.3 Å². The van der Waals surface area contributed by atoms with Crippen LogP contribution in [0.25, 0.3) is 0 Å². The summed E-state index contributed by atoms with van der Waals surface area (Å²) in [4.78, 5) is 11.4. The van der Waals surface area contributed by atoms with Crippen LogP contribution in [0, 0.1) is 0 Å². The van der Waals surface area contributed by atoms with Crippen molar-refractivity contribution in [3.05, 3.63) is 29.8 Å². The molecule has 0 saturated carbocycles. The fraction of sp³-hybridized carbons (Fsp3) is 0.500. The van der Waals surface area contributed by atoms with Gasteiger partial charge < -0.3 is 15.2 Å². The number of carbonyl (C=O) groups is 1. The first kappa shape index (κ1) is 14.5. The quantitative estimate of drug-likeness (QED) is 0.729. The molecule has 100 valence electrons. The SMILES string of the molecule is CCCCNC(=O)COc1cccc(C(C)O)c1. The molecule has 0 aliphatic carbocycles. The number of nitrogens with one attached hydrogen (secondary N) is 1. The van der Waals surface area contributed by atoms with Crippen LogP contribution in [-0.4, -0.2) is 24.2 Å². The molecular formula is C14H21NO3. The first-order valence-electron chi connectivity index (χ1n) is 6.31. The molecule has 4 heteroatoms. The van der Waals surface area contributed by atoms with Crippen LogP contribution in [0.1, 0.15) is 38.4 Å². The number of hydrogen-bond donors (Lipinski definition) is 2. The monoisotopic (exact) mass is 251 g/mol. The lowest BCUT2D eigenvalue weighted by Gasteiger charge is -2.09. The van der Waals surface area contributed by atoms with Crippen LogP contribution in [0.5, 0.6) is 5.75 Å². The Hall–Kier alpha value is -1.55. The Bertz CT molecular complexity index is 377. The third-order valence-corrected chi connectivity index (χ3v) is 2.56. The smallest absolute Gasteiger partial charge is 0.257 e. The van der Waals surface area contributed by atoms with E-state index in [4.69, 9.17) is 4.74 Å². The summed E-state index contributed by atoms with van der Waals surface area (Å²) in [6.45, 7) is 4.46. The molecule has 1 unspecified atom stereocenters. The lowest BCUT2D eigenvalue weighted by atomic mass is 10.1. The molecule has 1 atom stereocenters. The number of carbonyl (C=O) groups excluding carboxylic acids is 1. The molecule has 0 fully saturated rings. The Morgan fingerprint density at radius 2 is 2.28 bits per heavy atom. The van der Waals surface area contributed by atoms with E-state index >= 15 is 0 Å². The summed E-state index contributed by atoms with van der Waals surface area (Å²) in [5.41, 5.74) is 0.777. The van der Waals surface area contributed by atoms with Gasteiger partial charge in [0.25, 0.3) is 5.91 Å². The van der Waals surface area contributed by atoms with Crippen molar-refractivity contribution in [2.24, 2.45) is 0 Å². The maximum Gasteiger partial charge on any atom is 0.257 e. The van der Waals surface area contributed by atoms with Crippen molar-refractivity contribution < 1.29 is 14.6 Å². The number of rotatable bonds is 7. The van der Waals surface area contributed by atoms with Crippen molar-refractivity contribution in [2.45, 2.75) is 32.8 Å². The number of amides is 1. The van der Waals surface area contributed by atoms with E-state index < -0.39 is 6.10 Å². The van der Waals surface area contributed by atoms with Gasteiger partial charge in [-0.15, -0.1) is 0 Å². The zero-order valence-electron chi connectivity index (χ0n) is 11.0. The summed E-state index contributed by atoms with van der Waals surface area (Å²) in [6, 6.07) is 7.13. The summed E-state index contributed by atoms with van der Waals surface area (Å²) in [5, 5.41) is 12.2. The van der Waals surface area contributed by atoms with Gasteiger partial charge in [-0.2, -0.15) is 0 Å².